The molecule has 0 aliphatic carbocycles. The predicted octanol–water partition coefficient (Wildman–Crippen LogP) is 8.08. The van der Waals surface area contributed by atoms with Gasteiger partial charge in [-0.2, -0.15) is 0 Å². The summed E-state index contributed by atoms with van der Waals surface area (Å²) in [7, 11) is 0. The van der Waals surface area contributed by atoms with Gasteiger partial charge in [-0.1, -0.05) is 78.9 Å². The summed E-state index contributed by atoms with van der Waals surface area (Å²) in [6.45, 7) is 11.0. The van der Waals surface area contributed by atoms with Crippen LogP contribution in [0.5, 0.6) is 5.75 Å². The zero-order chi connectivity index (χ0) is 26.5. The lowest BCUT2D eigenvalue weighted by molar-refractivity contribution is 0.170. The molecule has 0 aliphatic rings. The van der Waals surface area contributed by atoms with Crippen molar-refractivity contribution < 1.29 is 9.84 Å². The normalized spacial score (nSPS) is 12.6. The van der Waals surface area contributed by atoms with Crippen LogP contribution < -0.4 is 4.74 Å². The van der Waals surface area contributed by atoms with Crippen LogP contribution in [0.1, 0.15) is 81.5 Å². The number of allylic oxidation sites excluding steroid dienone is 1. The molecule has 0 saturated heterocycles. The van der Waals surface area contributed by atoms with E-state index in [9.17, 15) is 0 Å². The van der Waals surface area contributed by atoms with Gasteiger partial charge in [0, 0.05) is 30.2 Å². The molecule has 0 amide bonds. The minimum absolute atomic E-state index is 0.231. The molecule has 0 fully saturated rings. The SMILES string of the molecule is CC(C)N(CCC(c1ccccc1)c1cc(/C=C/CCCCO)ccc1OCc1ccccc1)C(C)C. The molecule has 0 radical (unpaired) electrons. The largest absolute Gasteiger partial charge is 0.489 e. The van der Waals surface area contributed by atoms with Gasteiger partial charge in [0.05, 0.1) is 0 Å². The summed E-state index contributed by atoms with van der Waals surface area (Å²) in [5, 5.41) is 9.07. The lowest BCUT2D eigenvalue weighted by atomic mass is 9.86. The fraction of sp³-hybridized carbons (Fsp3) is 0.412. The van der Waals surface area contributed by atoms with Crippen molar-refractivity contribution in [3.8, 4) is 5.75 Å². The first-order valence-corrected chi connectivity index (χ1v) is 13.9. The fourth-order valence-corrected chi connectivity index (χ4v) is 4.98. The van der Waals surface area contributed by atoms with Gasteiger partial charge >= 0.3 is 0 Å². The average molecular weight is 500 g/mol. The maximum atomic E-state index is 9.07. The zero-order valence-corrected chi connectivity index (χ0v) is 23.1. The van der Waals surface area contributed by atoms with E-state index in [1.807, 2.05) is 6.07 Å². The van der Waals surface area contributed by atoms with Crippen molar-refractivity contribution in [2.24, 2.45) is 0 Å². The lowest BCUT2D eigenvalue weighted by Crippen LogP contribution is -2.38. The Bertz CT molecular complexity index is 1050. The Labute approximate surface area is 224 Å². The molecule has 0 heterocycles. The summed E-state index contributed by atoms with van der Waals surface area (Å²) in [4.78, 5) is 2.57. The van der Waals surface area contributed by atoms with Crippen LogP contribution >= 0.6 is 0 Å². The molecule has 3 rings (SSSR count). The van der Waals surface area contributed by atoms with Gasteiger partial charge in [0.25, 0.3) is 0 Å². The highest BCUT2D eigenvalue weighted by molar-refractivity contribution is 5.55. The zero-order valence-electron chi connectivity index (χ0n) is 23.1. The van der Waals surface area contributed by atoms with E-state index < -0.39 is 0 Å². The standard InChI is InChI=1S/C34H45NO2/c1-27(2)35(28(3)4)23-22-32(31-18-12-8-13-19-31)33-25-29(15-9-5-6-14-24-36)20-21-34(33)37-26-30-16-10-7-11-17-30/h7-13,15-21,25,27-28,32,36H,5-6,14,22-24,26H2,1-4H3/b15-9+. The maximum absolute atomic E-state index is 9.07. The summed E-state index contributed by atoms with van der Waals surface area (Å²) in [6.07, 6.45) is 8.27. The van der Waals surface area contributed by atoms with E-state index in [-0.39, 0.29) is 12.5 Å². The van der Waals surface area contributed by atoms with Crippen LogP contribution in [0.3, 0.4) is 0 Å². The molecule has 0 saturated carbocycles. The molecule has 1 atom stereocenters. The first kappa shape index (κ1) is 28.7. The molecule has 0 aliphatic heterocycles. The molecule has 0 bridgehead atoms. The van der Waals surface area contributed by atoms with Crippen LogP contribution in [-0.4, -0.2) is 35.2 Å². The number of hydrogen-bond donors (Lipinski definition) is 1. The van der Waals surface area contributed by atoms with Crippen molar-refractivity contribution in [1.82, 2.24) is 4.90 Å². The van der Waals surface area contributed by atoms with Crippen molar-refractivity contribution in [1.29, 1.82) is 0 Å². The summed E-state index contributed by atoms with van der Waals surface area (Å²) < 4.78 is 6.47. The Hall–Kier alpha value is -2.88. The Morgan fingerprint density at radius 2 is 1.51 bits per heavy atom. The number of rotatable bonds is 15. The number of ether oxygens (including phenoxy) is 1. The molecule has 0 spiro atoms. The average Bonchev–Trinajstić information content (AvgIpc) is 2.91. The van der Waals surface area contributed by atoms with Crippen LogP contribution in [0, 0.1) is 0 Å². The number of benzene rings is 3. The van der Waals surface area contributed by atoms with Crippen LogP contribution in [0.15, 0.2) is 84.9 Å². The topological polar surface area (TPSA) is 32.7 Å². The van der Waals surface area contributed by atoms with Gasteiger partial charge in [0.15, 0.2) is 0 Å². The van der Waals surface area contributed by atoms with E-state index in [1.54, 1.807) is 0 Å². The van der Waals surface area contributed by atoms with Crippen molar-refractivity contribution in [2.45, 2.75) is 78.0 Å². The number of nitrogens with zero attached hydrogens (tertiary/aromatic N) is 1. The smallest absolute Gasteiger partial charge is 0.123 e. The van der Waals surface area contributed by atoms with E-state index in [0.717, 1.165) is 38.0 Å². The van der Waals surface area contributed by atoms with Gasteiger partial charge < -0.3 is 9.84 Å². The van der Waals surface area contributed by atoms with Crippen molar-refractivity contribution in [3.05, 3.63) is 107 Å². The molecule has 1 N–H and O–H groups in total. The molecule has 0 aromatic heterocycles. The van der Waals surface area contributed by atoms with Gasteiger partial charge in [0.2, 0.25) is 0 Å². The van der Waals surface area contributed by atoms with E-state index in [4.69, 9.17) is 9.84 Å². The molecular formula is C34H45NO2. The minimum Gasteiger partial charge on any atom is -0.489 e. The van der Waals surface area contributed by atoms with Gasteiger partial charge in [-0.05, 0) is 88.7 Å². The quantitative estimate of drug-likeness (QED) is 0.215. The Balaban J connectivity index is 1.95. The van der Waals surface area contributed by atoms with Crippen LogP contribution in [0.2, 0.25) is 0 Å². The van der Waals surface area contributed by atoms with Crippen molar-refractivity contribution >= 4 is 6.08 Å². The predicted molar refractivity (Wildman–Crippen MR) is 157 cm³/mol. The van der Waals surface area contributed by atoms with Crippen molar-refractivity contribution in [2.75, 3.05) is 13.2 Å². The molecule has 3 nitrogen and oxygen atoms in total. The first-order valence-electron chi connectivity index (χ1n) is 13.9. The second-order valence-electron chi connectivity index (χ2n) is 10.4. The summed E-state index contributed by atoms with van der Waals surface area (Å²) >= 11 is 0. The highest BCUT2D eigenvalue weighted by Crippen LogP contribution is 2.36. The Morgan fingerprint density at radius 3 is 2.16 bits per heavy atom. The van der Waals surface area contributed by atoms with Gasteiger partial charge in [0.1, 0.15) is 12.4 Å². The molecule has 37 heavy (non-hydrogen) atoms. The van der Waals surface area contributed by atoms with E-state index >= 15 is 0 Å². The van der Waals surface area contributed by atoms with Gasteiger partial charge in [-0.3, -0.25) is 4.90 Å². The third kappa shape index (κ3) is 9.18. The fourth-order valence-electron chi connectivity index (χ4n) is 4.98. The minimum atomic E-state index is 0.231. The molecule has 198 valence electrons. The molecular weight excluding hydrogens is 454 g/mol. The third-order valence-corrected chi connectivity index (χ3v) is 6.94. The summed E-state index contributed by atoms with van der Waals surface area (Å²) in [6, 6.07) is 28.9. The molecule has 3 heteroatoms. The van der Waals surface area contributed by atoms with Gasteiger partial charge in [-0.15, -0.1) is 0 Å². The Kier molecular flexibility index (Phi) is 11.9. The number of hydrogen-bond acceptors (Lipinski definition) is 3. The van der Waals surface area contributed by atoms with Crippen LogP contribution in [0.4, 0.5) is 0 Å². The first-order chi connectivity index (χ1) is 18.0. The molecule has 3 aromatic rings. The second kappa shape index (κ2) is 15.4. The highest BCUT2D eigenvalue weighted by Gasteiger charge is 2.22. The third-order valence-electron chi connectivity index (χ3n) is 6.94. The van der Waals surface area contributed by atoms with Crippen LogP contribution in [0.25, 0.3) is 6.08 Å². The molecule has 1 unspecified atom stereocenters. The highest BCUT2D eigenvalue weighted by atomic mass is 16.5. The van der Waals surface area contributed by atoms with Gasteiger partial charge in [-0.25, -0.2) is 0 Å². The number of aliphatic hydroxyl groups is 1. The van der Waals surface area contributed by atoms with Crippen molar-refractivity contribution in [3.63, 3.8) is 0 Å². The van der Waals surface area contributed by atoms with E-state index in [2.05, 4.69) is 118 Å². The summed E-state index contributed by atoms with van der Waals surface area (Å²) in [5.41, 5.74) is 4.93. The monoisotopic (exact) mass is 499 g/mol. The number of aliphatic hydroxyl groups excluding tert-OH is 1. The van der Waals surface area contributed by atoms with Crippen LogP contribution in [-0.2, 0) is 6.61 Å². The number of unbranched alkanes of at least 4 members (excludes halogenated alkanes) is 2. The maximum Gasteiger partial charge on any atom is 0.123 e. The second-order valence-corrected chi connectivity index (χ2v) is 10.4. The lowest BCUT2D eigenvalue weighted by Gasteiger charge is -2.32. The Morgan fingerprint density at radius 1 is 0.838 bits per heavy atom. The van der Waals surface area contributed by atoms with E-state index in [1.165, 1.54) is 22.3 Å². The van der Waals surface area contributed by atoms with E-state index in [0.29, 0.717) is 18.7 Å². The molecule has 3 aromatic carbocycles. The summed E-state index contributed by atoms with van der Waals surface area (Å²) in [5.74, 6) is 1.19.